The predicted molar refractivity (Wildman–Crippen MR) is 126 cm³/mol. The number of halogens is 1. The summed E-state index contributed by atoms with van der Waals surface area (Å²) in [4.78, 5) is 7.68. The van der Waals surface area contributed by atoms with E-state index in [2.05, 4.69) is 38.0 Å². The number of rotatable bonds is 6. The summed E-state index contributed by atoms with van der Waals surface area (Å²) in [5.74, 6) is 1.59. The fourth-order valence-electron chi connectivity index (χ4n) is 3.19. The Labute approximate surface area is 193 Å². The summed E-state index contributed by atoms with van der Waals surface area (Å²) in [7, 11) is 1.56. The molecule has 4 rings (SSSR count). The summed E-state index contributed by atoms with van der Waals surface area (Å²) >= 11 is 3.55. The standard InChI is InChI=1S/C25H17BrN4O2/c1-31-23-12-18(10-19(14-28)25-29-21-4-2-3-5-22(21)30-25)11-20(26)24(23)32-15-17-8-6-16(13-27)7-9-17/h2-12H,15H2,1H3,(H,29,30). The number of hydrogen-bond donors (Lipinski definition) is 1. The highest BCUT2D eigenvalue weighted by Gasteiger charge is 2.13. The van der Waals surface area contributed by atoms with E-state index in [1.807, 2.05) is 42.5 Å². The molecule has 4 aromatic rings. The molecule has 0 amide bonds. The quantitative estimate of drug-likeness (QED) is 0.346. The zero-order chi connectivity index (χ0) is 22.5. The average molecular weight is 485 g/mol. The predicted octanol–water partition coefficient (Wildman–Crippen LogP) is 5.85. The monoisotopic (exact) mass is 484 g/mol. The summed E-state index contributed by atoms with van der Waals surface area (Å²) in [6.45, 7) is 0.318. The number of imidazole rings is 1. The molecule has 0 aliphatic rings. The normalized spacial score (nSPS) is 11.1. The summed E-state index contributed by atoms with van der Waals surface area (Å²) in [6.07, 6.45) is 1.75. The third-order valence-corrected chi connectivity index (χ3v) is 5.38. The molecule has 0 spiro atoms. The van der Waals surface area contributed by atoms with Gasteiger partial charge in [-0.05, 0) is 69.5 Å². The third kappa shape index (κ3) is 4.49. The number of H-pyrrole nitrogens is 1. The minimum atomic E-state index is 0.318. The maximum atomic E-state index is 9.70. The van der Waals surface area contributed by atoms with Crippen molar-refractivity contribution in [3.8, 4) is 23.6 Å². The van der Waals surface area contributed by atoms with Crippen molar-refractivity contribution in [2.75, 3.05) is 7.11 Å². The van der Waals surface area contributed by atoms with Crippen LogP contribution in [0.4, 0.5) is 0 Å². The van der Waals surface area contributed by atoms with Gasteiger partial charge in [-0.2, -0.15) is 10.5 Å². The van der Waals surface area contributed by atoms with Gasteiger partial charge in [0.2, 0.25) is 0 Å². The van der Waals surface area contributed by atoms with Crippen molar-refractivity contribution in [3.05, 3.63) is 87.7 Å². The summed E-state index contributed by atoms with van der Waals surface area (Å²) in [5.41, 5.74) is 4.36. The van der Waals surface area contributed by atoms with E-state index in [9.17, 15) is 5.26 Å². The maximum Gasteiger partial charge on any atom is 0.175 e. The van der Waals surface area contributed by atoms with Crippen LogP contribution in [0.15, 0.2) is 65.1 Å². The second-order valence-electron chi connectivity index (χ2n) is 6.90. The number of benzene rings is 3. The third-order valence-electron chi connectivity index (χ3n) is 4.79. The molecular formula is C25H17BrN4O2. The Balaban J connectivity index is 1.61. The van der Waals surface area contributed by atoms with Gasteiger partial charge in [-0.1, -0.05) is 24.3 Å². The van der Waals surface area contributed by atoms with E-state index in [-0.39, 0.29) is 0 Å². The topological polar surface area (TPSA) is 94.7 Å². The number of hydrogen-bond acceptors (Lipinski definition) is 5. The Kier molecular flexibility index (Phi) is 6.21. The van der Waals surface area contributed by atoms with Crippen molar-refractivity contribution in [2.24, 2.45) is 0 Å². The van der Waals surface area contributed by atoms with Gasteiger partial charge < -0.3 is 14.5 Å². The first-order chi connectivity index (χ1) is 15.6. The lowest BCUT2D eigenvalue weighted by Gasteiger charge is -2.14. The van der Waals surface area contributed by atoms with E-state index < -0.39 is 0 Å². The van der Waals surface area contributed by atoms with Crippen molar-refractivity contribution in [3.63, 3.8) is 0 Å². The average Bonchev–Trinajstić information content (AvgIpc) is 3.26. The molecule has 1 aromatic heterocycles. The van der Waals surface area contributed by atoms with Crippen molar-refractivity contribution >= 4 is 38.6 Å². The van der Waals surface area contributed by atoms with Crippen molar-refractivity contribution in [1.29, 1.82) is 10.5 Å². The number of para-hydroxylation sites is 2. The highest BCUT2D eigenvalue weighted by atomic mass is 79.9. The number of nitriles is 2. The minimum absolute atomic E-state index is 0.318. The number of aromatic nitrogens is 2. The second-order valence-corrected chi connectivity index (χ2v) is 7.76. The summed E-state index contributed by atoms with van der Waals surface area (Å²) in [6, 6.07) is 22.8. The van der Waals surface area contributed by atoms with Crippen LogP contribution in [0.25, 0.3) is 22.7 Å². The van der Waals surface area contributed by atoms with Gasteiger partial charge in [-0.25, -0.2) is 4.98 Å². The lowest BCUT2D eigenvalue weighted by Crippen LogP contribution is -1.99. The molecule has 6 nitrogen and oxygen atoms in total. The van der Waals surface area contributed by atoms with Crippen LogP contribution in [0.1, 0.15) is 22.5 Å². The lowest BCUT2D eigenvalue weighted by molar-refractivity contribution is 0.282. The van der Waals surface area contributed by atoms with E-state index in [1.165, 1.54) is 0 Å². The molecule has 0 saturated heterocycles. The summed E-state index contributed by atoms with van der Waals surface area (Å²) < 4.78 is 12.2. The van der Waals surface area contributed by atoms with E-state index in [0.717, 1.165) is 22.2 Å². The minimum Gasteiger partial charge on any atom is -0.493 e. The number of nitrogens with zero attached hydrogens (tertiary/aromatic N) is 3. The Morgan fingerprint density at radius 3 is 2.59 bits per heavy atom. The first-order valence-corrected chi connectivity index (χ1v) is 10.5. The zero-order valence-electron chi connectivity index (χ0n) is 17.1. The van der Waals surface area contributed by atoms with Gasteiger partial charge in [0, 0.05) is 0 Å². The molecule has 1 heterocycles. The molecule has 0 aliphatic heterocycles. The van der Waals surface area contributed by atoms with E-state index in [4.69, 9.17) is 14.7 Å². The molecule has 156 valence electrons. The largest absolute Gasteiger partial charge is 0.493 e. The molecule has 0 fully saturated rings. The fraction of sp³-hybridized carbons (Fsp3) is 0.0800. The van der Waals surface area contributed by atoms with Crippen LogP contribution in [-0.4, -0.2) is 17.1 Å². The van der Waals surface area contributed by atoms with Crippen molar-refractivity contribution < 1.29 is 9.47 Å². The van der Waals surface area contributed by atoms with Gasteiger partial charge in [0.1, 0.15) is 18.5 Å². The maximum absolute atomic E-state index is 9.70. The van der Waals surface area contributed by atoms with Crippen LogP contribution in [0.3, 0.4) is 0 Å². The molecule has 0 radical (unpaired) electrons. The SMILES string of the molecule is COc1cc(C=C(C#N)c2nc3ccccc3[nH]2)cc(Br)c1OCc1ccc(C#N)cc1. The highest BCUT2D eigenvalue weighted by molar-refractivity contribution is 9.10. The number of fused-ring (bicyclic) bond motifs is 1. The van der Waals surface area contributed by atoms with Crippen LogP contribution in [0.2, 0.25) is 0 Å². The van der Waals surface area contributed by atoms with Gasteiger partial charge in [0.05, 0.1) is 39.8 Å². The number of nitrogens with one attached hydrogen (secondary N) is 1. The Morgan fingerprint density at radius 1 is 1.12 bits per heavy atom. The van der Waals surface area contributed by atoms with Gasteiger partial charge in [0.15, 0.2) is 11.5 Å². The molecule has 3 aromatic carbocycles. The van der Waals surface area contributed by atoms with Crippen LogP contribution in [-0.2, 0) is 6.61 Å². The number of aromatic amines is 1. The van der Waals surface area contributed by atoms with Gasteiger partial charge >= 0.3 is 0 Å². The van der Waals surface area contributed by atoms with E-state index >= 15 is 0 Å². The Hall–Kier alpha value is -4.07. The molecule has 0 atom stereocenters. The van der Waals surface area contributed by atoms with Crippen LogP contribution >= 0.6 is 15.9 Å². The van der Waals surface area contributed by atoms with Crippen LogP contribution in [0, 0.1) is 22.7 Å². The van der Waals surface area contributed by atoms with Crippen LogP contribution in [0.5, 0.6) is 11.5 Å². The molecular weight excluding hydrogens is 468 g/mol. The molecule has 32 heavy (non-hydrogen) atoms. The molecule has 0 saturated carbocycles. The Morgan fingerprint density at radius 2 is 1.91 bits per heavy atom. The number of methoxy groups -OCH3 is 1. The molecule has 0 bridgehead atoms. The lowest BCUT2D eigenvalue weighted by atomic mass is 10.1. The van der Waals surface area contributed by atoms with E-state index in [1.54, 1.807) is 31.4 Å². The molecule has 0 unspecified atom stereocenters. The second kappa shape index (κ2) is 9.38. The van der Waals surface area contributed by atoms with Gasteiger partial charge in [0.25, 0.3) is 0 Å². The zero-order valence-corrected chi connectivity index (χ0v) is 18.7. The van der Waals surface area contributed by atoms with Gasteiger partial charge in [-0.3, -0.25) is 0 Å². The number of ether oxygens (including phenoxy) is 2. The first kappa shape index (κ1) is 21.2. The van der Waals surface area contributed by atoms with Gasteiger partial charge in [-0.15, -0.1) is 0 Å². The highest BCUT2D eigenvalue weighted by Crippen LogP contribution is 2.38. The molecule has 0 aliphatic carbocycles. The summed E-state index contributed by atoms with van der Waals surface area (Å²) in [5, 5.41) is 18.6. The van der Waals surface area contributed by atoms with E-state index in [0.29, 0.717) is 39.5 Å². The molecule has 7 heteroatoms. The van der Waals surface area contributed by atoms with Crippen LogP contribution < -0.4 is 9.47 Å². The molecule has 1 N–H and O–H groups in total. The van der Waals surface area contributed by atoms with Crippen molar-refractivity contribution in [1.82, 2.24) is 9.97 Å². The first-order valence-electron chi connectivity index (χ1n) is 9.67. The number of allylic oxidation sites excluding steroid dienone is 1. The smallest absolute Gasteiger partial charge is 0.175 e. The van der Waals surface area contributed by atoms with Crippen molar-refractivity contribution in [2.45, 2.75) is 6.61 Å². The Bertz CT molecular complexity index is 1360. The fourth-order valence-corrected chi connectivity index (χ4v) is 3.77.